The Kier molecular flexibility index (Phi) is 6.63. The van der Waals surface area contributed by atoms with Crippen molar-refractivity contribution in [2.45, 2.75) is 127 Å². The summed E-state index contributed by atoms with van der Waals surface area (Å²) in [6, 6.07) is 1.72. The summed E-state index contributed by atoms with van der Waals surface area (Å²) in [6.45, 7) is 10.4. The fourth-order valence-electron chi connectivity index (χ4n) is 12.4. The van der Waals surface area contributed by atoms with Gasteiger partial charge in [0.2, 0.25) is 5.60 Å². The van der Waals surface area contributed by atoms with Crippen LogP contribution in [0.25, 0.3) is 0 Å². The van der Waals surface area contributed by atoms with Gasteiger partial charge in [-0.1, -0.05) is 20.8 Å². The molecule has 50 heavy (non-hydrogen) atoms. The summed E-state index contributed by atoms with van der Waals surface area (Å²) in [4.78, 5) is 67.2. The van der Waals surface area contributed by atoms with Crippen molar-refractivity contribution in [3.8, 4) is 0 Å². The third kappa shape index (κ3) is 3.43. The maximum Gasteiger partial charge on any atom is 0.332 e. The number of ether oxygens (including phenoxy) is 9. The van der Waals surface area contributed by atoms with Gasteiger partial charge >= 0.3 is 29.8 Å². The van der Waals surface area contributed by atoms with Crippen molar-refractivity contribution >= 4 is 29.8 Å². The standard InChI is InChI=1S/C35H42O15/c1-17(36)43-26-29(5)16-33-30(6,25(29)46-23(40)15-41-8)32-11-10-28(4)21(13-22(39)45-24(28)20-9-12-42-14-20)34(32,50-31(7,48-32)49-33)27(44-18(2)37)35(26,33)47-19(3)38/h9,12,14,21,24-27H,10-11,13,15-16H2,1-8H3/t21-,24+,25+,26+,27-,28-,29-,30-,31+,32+,33-,34-,35+/m1/s1. The predicted molar refractivity (Wildman–Crippen MR) is 161 cm³/mol. The van der Waals surface area contributed by atoms with Gasteiger partial charge in [-0.3, -0.25) is 19.2 Å². The molecule has 0 unspecified atom stereocenters. The van der Waals surface area contributed by atoms with E-state index in [1.165, 1.54) is 40.4 Å². The average molecular weight is 703 g/mol. The summed E-state index contributed by atoms with van der Waals surface area (Å²) < 4.78 is 63.3. The molecular weight excluding hydrogens is 660 g/mol. The molecule has 4 bridgehead atoms. The number of furan rings is 1. The minimum Gasteiger partial charge on any atom is -0.472 e. The first-order valence-corrected chi connectivity index (χ1v) is 16.9. The summed E-state index contributed by atoms with van der Waals surface area (Å²) in [6.07, 6.45) is -1.47. The van der Waals surface area contributed by atoms with Gasteiger partial charge < -0.3 is 47.0 Å². The van der Waals surface area contributed by atoms with Crippen LogP contribution in [0, 0.1) is 22.2 Å². The first kappa shape index (κ1) is 33.6. The SMILES string of the molecule is COCC(=O)O[C@H]1[C@@]2(C)C[C@@]34O[C@@]5(C)O[C@]6([C@@H]7CC(=O)O[C@@H](c8ccoc8)[C@]7(C)CC[C@]6(O5)[C@@]13C)[C@@H](OC(C)=O)[C@@]4(OC(C)=O)[C@H]2OC(C)=O. The minimum atomic E-state index is -2.08. The second-order valence-electron chi connectivity index (χ2n) is 15.9. The summed E-state index contributed by atoms with van der Waals surface area (Å²) in [5, 5.41) is 0. The Labute approximate surface area is 287 Å². The van der Waals surface area contributed by atoms with Gasteiger partial charge in [-0.2, -0.15) is 0 Å². The number of carbonyl (C=O) groups excluding carboxylic acids is 5. The second kappa shape index (κ2) is 9.87. The van der Waals surface area contributed by atoms with Crippen LogP contribution in [0.3, 0.4) is 0 Å². The smallest absolute Gasteiger partial charge is 0.332 e. The fourth-order valence-corrected chi connectivity index (χ4v) is 12.4. The van der Waals surface area contributed by atoms with Crippen molar-refractivity contribution in [1.82, 2.24) is 0 Å². The van der Waals surface area contributed by atoms with Gasteiger partial charge in [-0.25, -0.2) is 4.79 Å². The van der Waals surface area contributed by atoms with Crippen LogP contribution < -0.4 is 0 Å². The third-order valence-corrected chi connectivity index (χ3v) is 13.3. The van der Waals surface area contributed by atoms with Crippen molar-refractivity contribution < 1.29 is 71.0 Å². The Bertz CT molecular complexity index is 1710. The lowest BCUT2D eigenvalue weighted by molar-refractivity contribution is -0.479. The average Bonchev–Trinajstić information content (AvgIpc) is 3.70. The van der Waals surface area contributed by atoms with Gasteiger partial charge in [0.15, 0.2) is 12.2 Å². The Balaban J connectivity index is 1.49. The first-order chi connectivity index (χ1) is 23.4. The van der Waals surface area contributed by atoms with E-state index in [9.17, 15) is 24.0 Å². The van der Waals surface area contributed by atoms with Crippen LogP contribution in [0.4, 0.5) is 0 Å². The molecule has 0 radical (unpaired) electrons. The molecule has 1 aromatic heterocycles. The number of hydrogen-bond acceptors (Lipinski definition) is 15. The molecule has 1 aromatic rings. The van der Waals surface area contributed by atoms with Crippen LogP contribution >= 0.6 is 0 Å². The van der Waals surface area contributed by atoms with Crippen LogP contribution in [0.2, 0.25) is 0 Å². The molecule has 0 amide bonds. The van der Waals surface area contributed by atoms with Gasteiger partial charge in [0, 0.05) is 57.1 Å². The number of carbonyl (C=O) groups is 5. The number of fused-ring (bicyclic) bond motifs is 3. The molecule has 2 spiro atoms. The molecule has 272 valence electrons. The van der Waals surface area contributed by atoms with Gasteiger partial charge in [0.25, 0.3) is 5.97 Å². The highest BCUT2D eigenvalue weighted by molar-refractivity contribution is 5.75. The Morgan fingerprint density at radius 3 is 2.14 bits per heavy atom. The Morgan fingerprint density at radius 2 is 1.52 bits per heavy atom. The van der Waals surface area contributed by atoms with E-state index in [0.717, 1.165) is 0 Å². The zero-order chi connectivity index (χ0) is 36.1. The van der Waals surface area contributed by atoms with Crippen LogP contribution in [0.1, 0.15) is 85.8 Å². The topological polar surface area (TPSA) is 182 Å². The lowest BCUT2D eigenvalue weighted by Gasteiger charge is -2.76. The van der Waals surface area contributed by atoms with Crippen LogP contribution in [0.5, 0.6) is 0 Å². The molecule has 0 aromatic carbocycles. The van der Waals surface area contributed by atoms with Crippen LogP contribution in [0.15, 0.2) is 23.0 Å². The van der Waals surface area contributed by atoms with E-state index < -0.39 is 105 Å². The van der Waals surface area contributed by atoms with Crippen LogP contribution in [-0.2, 0) is 66.6 Å². The number of methoxy groups -OCH3 is 1. The van der Waals surface area contributed by atoms with E-state index in [-0.39, 0.29) is 25.9 Å². The highest BCUT2D eigenvalue weighted by Gasteiger charge is 3.06. The third-order valence-electron chi connectivity index (χ3n) is 13.3. The molecule has 4 aliphatic carbocycles. The van der Waals surface area contributed by atoms with Gasteiger partial charge in [0.05, 0.1) is 24.4 Å². The van der Waals surface area contributed by atoms with E-state index >= 15 is 0 Å². The minimum absolute atomic E-state index is 0.0200. The number of cyclic esters (lactones) is 1. The normalized spacial score (nSPS) is 50.2. The quantitative estimate of drug-likeness (QED) is 0.299. The van der Waals surface area contributed by atoms with Gasteiger partial charge in [-0.15, -0.1) is 0 Å². The van der Waals surface area contributed by atoms with Crippen molar-refractivity contribution in [3.05, 3.63) is 24.2 Å². The van der Waals surface area contributed by atoms with E-state index in [1.807, 2.05) is 13.8 Å². The summed E-state index contributed by atoms with van der Waals surface area (Å²) in [7, 11) is 1.36. The summed E-state index contributed by atoms with van der Waals surface area (Å²) in [5.41, 5.74) is -10.2. The van der Waals surface area contributed by atoms with Crippen molar-refractivity contribution in [1.29, 1.82) is 0 Å². The number of hydrogen-bond donors (Lipinski definition) is 0. The van der Waals surface area contributed by atoms with Gasteiger partial charge in [0.1, 0.15) is 35.6 Å². The molecule has 0 N–H and O–H groups in total. The van der Waals surface area contributed by atoms with Crippen molar-refractivity contribution in [2.75, 3.05) is 13.7 Å². The largest absolute Gasteiger partial charge is 0.472 e. The summed E-state index contributed by atoms with van der Waals surface area (Å²) in [5.74, 6) is -6.23. The molecule has 15 heteroatoms. The molecule has 13 atom stereocenters. The van der Waals surface area contributed by atoms with Crippen LogP contribution in [-0.4, -0.2) is 90.3 Å². The number of esters is 5. The zero-order valence-electron chi connectivity index (χ0n) is 29.3. The zero-order valence-corrected chi connectivity index (χ0v) is 29.3. The predicted octanol–water partition coefficient (Wildman–Crippen LogP) is 2.82. The maximum absolute atomic E-state index is 13.8. The second-order valence-corrected chi connectivity index (χ2v) is 15.9. The fraction of sp³-hybridized carbons (Fsp3) is 0.743. The van der Waals surface area contributed by atoms with E-state index in [2.05, 4.69) is 0 Å². The molecule has 4 heterocycles. The van der Waals surface area contributed by atoms with Gasteiger partial charge in [-0.05, 0) is 25.3 Å². The molecule has 15 nitrogen and oxygen atoms in total. The number of rotatable bonds is 7. The molecule has 3 saturated heterocycles. The molecule has 8 rings (SSSR count). The highest BCUT2D eigenvalue weighted by atomic mass is 16.9. The Hall–Kier alpha value is -3.53. The monoisotopic (exact) mass is 702 g/mol. The van der Waals surface area contributed by atoms with E-state index in [1.54, 1.807) is 19.9 Å². The van der Waals surface area contributed by atoms with Crippen molar-refractivity contribution in [2.24, 2.45) is 22.2 Å². The molecule has 7 aliphatic rings. The molecular formula is C35H42O15. The van der Waals surface area contributed by atoms with E-state index in [0.29, 0.717) is 12.0 Å². The lowest BCUT2D eigenvalue weighted by atomic mass is 9.34. The first-order valence-electron chi connectivity index (χ1n) is 16.9. The highest BCUT2D eigenvalue weighted by Crippen LogP contribution is 2.89. The summed E-state index contributed by atoms with van der Waals surface area (Å²) >= 11 is 0. The molecule has 3 aliphatic heterocycles. The van der Waals surface area contributed by atoms with Crippen molar-refractivity contribution in [3.63, 3.8) is 0 Å². The Morgan fingerprint density at radius 1 is 0.840 bits per heavy atom. The maximum atomic E-state index is 13.8. The van der Waals surface area contributed by atoms with E-state index in [4.69, 9.17) is 47.0 Å². The molecule has 7 fully saturated rings. The molecule has 4 saturated carbocycles. The lowest BCUT2D eigenvalue weighted by Crippen LogP contribution is -2.95.